The molecule has 0 aliphatic heterocycles. The highest BCUT2D eigenvalue weighted by molar-refractivity contribution is 7.80. The Labute approximate surface area is 160 Å². The number of hydrogen-bond acceptors (Lipinski definition) is 3. The van der Waals surface area contributed by atoms with Gasteiger partial charge in [-0.3, -0.25) is 4.98 Å². The van der Waals surface area contributed by atoms with E-state index in [4.69, 9.17) is 23.8 Å². The van der Waals surface area contributed by atoms with Crippen LogP contribution < -0.4 is 5.32 Å². The largest absolute Gasteiger partial charge is 0.341 e. The molecule has 0 aliphatic carbocycles. The van der Waals surface area contributed by atoms with Crippen molar-refractivity contribution in [3.63, 3.8) is 0 Å². The van der Waals surface area contributed by atoms with Crippen LogP contribution in [0.5, 0.6) is 0 Å². The summed E-state index contributed by atoms with van der Waals surface area (Å²) in [5, 5.41) is 4.77. The number of aromatic nitrogens is 1. The monoisotopic (exact) mass is 376 g/mol. The Kier molecular flexibility index (Phi) is 7.17. The Morgan fingerprint density at radius 1 is 1.24 bits per heavy atom. The van der Waals surface area contributed by atoms with Crippen molar-refractivity contribution in [1.29, 1.82) is 0 Å². The number of anilines is 1. The molecule has 0 saturated heterocycles. The highest BCUT2D eigenvalue weighted by atomic mass is 35.5. The van der Waals surface area contributed by atoms with Gasteiger partial charge in [0.1, 0.15) is 0 Å². The molecule has 0 spiro atoms. The van der Waals surface area contributed by atoms with Crippen molar-refractivity contribution in [2.75, 3.05) is 32.5 Å². The lowest BCUT2D eigenvalue weighted by Crippen LogP contribution is -2.41. The molecule has 0 radical (unpaired) electrons. The molecular weight excluding hydrogens is 352 g/mol. The van der Waals surface area contributed by atoms with E-state index in [0.29, 0.717) is 5.11 Å². The van der Waals surface area contributed by atoms with Crippen molar-refractivity contribution in [3.05, 3.63) is 58.9 Å². The smallest absolute Gasteiger partial charge is 0.173 e. The van der Waals surface area contributed by atoms with Gasteiger partial charge >= 0.3 is 0 Å². The first-order valence-corrected chi connectivity index (χ1v) is 9.06. The molecule has 0 saturated carbocycles. The summed E-state index contributed by atoms with van der Waals surface area (Å²) in [6.07, 6.45) is 3.67. The molecule has 1 aromatic heterocycles. The second kappa shape index (κ2) is 9.13. The molecule has 6 heteroatoms. The van der Waals surface area contributed by atoms with Gasteiger partial charge in [-0.15, -0.1) is 0 Å². The Morgan fingerprint density at radius 3 is 2.64 bits per heavy atom. The fraction of sp³-hybridized carbons (Fsp3) is 0.368. The minimum absolute atomic E-state index is 0.119. The van der Waals surface area contributed by atoms with Crippen LogP contribution in [0.4, 0.5) is 5.69 Å². The number of thiocarbonyl (C=S) groups is 1. The lowest BCUT2D eigenvalue weighted by atomic mass is 10.1. The molecule has 4 nitrogen and oxygen atoms in total. The molecule has 1 aromatic carbocycles. The van der Waals surface area contributed by atoms with Gasteiger partial charge in [0.05, 0.1) is 6.04 Å². The topological polar surface area (TPSA) is 31.4 Å². The van der Waals surface area contributed by atoms with Crippen LogP contribution in [0.3, 0.4) is 0 Å². The van der Waals surface area contributed by atoms with Crippen LogP contribution in [-0.4, -0.2) is 47.1 Å². The minimum atomic E-state index is 0.119. The van der Waals surface area contributed by atoms with Gasteiger partial charge in [-0.05, 0) is 69.5 Å². The molecule has 2 rings (SSSR count). The standard InChI is InChI=1S/C19H25ClN4S/c1-14-17(20)8-5-9-18(14)22-19(25)24(12-11-23(3)4)15(2)16-7-6-10-21-13-16/h5-10,13,15H,11-12H2,1-4H3,(H,22,25). The van der Waals surface area contributed by atoms with Crippen LogP contribution in [0.15, 0.2) is 42.7 Å². The zero-order chi connectivity index (χ0) is 18.4. The number of pyridine rings is 1. The average Bonchev–Trinajstić information content (AvgIpc) is 2.59. The molecule has 0 bridgehead atoms. The molecular formula is C19H25ClN4S. The predicted octanol–water partition coefficient (Wildman–Crippen LogP) is 4.37. The first-order valence-electron chi connectivity index (χ1n) is 8.27. The van der Waals surface area contributed by atoms with Crippen molar-refractivity contribution in [3.8, 4) is 0 Å². The summed E-state index contributed by atoms with van der Waals surface area (Å²) in [5.41, 5.74) is 3.06. The summed E-state index contributed by atoms with van der Waals surface area (Å²) in [6.45, 7) is 5.85. The van der Waals surface area contributed by atoms with Crippen molar-refractivity contribution < 1.29 is 0 Å². The van der Waals surface area contributed by atoms with Crippen LogP contribution in [0.1, 0.15) is 24.1 Å². The zero-order valence-corrected chi connectivity index (χ0v) is 16.7. The molecule has 1 atom stereocenters. The lowest BCUT2D eigenvalue weighted by molar-refractivity contribution is 0.289. The number of rotatable bonds is 6. The van der Waals surface area contributed by atoms with Crippen LogP contribution >= 0.6 is 23.8 Å². The van der Waals surface area contributed by atoms with E-state index in [1.165, 1.54) is 0 Å². The van der Waals surface area contributed by atoms with E-state index in [-0.39, 0.29) is 6.04 Å². The van der Waals surface area contributed by atoms with E-state index in [2.05, 4.69) is 47.2 Å². The maximum atomic E-state index is 6.23. The molecule has 2 aromatic rings. The summed E-state index contributed by atoms with van der Waals surface area (Å²) < 4.78 is 0. The van der Waals surface area contributed by atoms with Gasteiger partial charge in [-0.1, -0.05) is 23.7 Å². The predicted molar refractivity (Wildman–Crippen MR) is 110 cm³/mol. The first kappa shape index (κ1) is 19.6. The third-order valence-electron chi connectivity index (χ3n) is 4.19. The molecule has 0 aliphatic rings. The first-order chi connectivity index (χ1) is 11.9. The highest BCUT2D eigenvalue weighted by Gasteiger charge is 2.19. The molecule has 0 fully saturated rings. The second-order valence-corrected chi connectivity index (χ2v) is 7.10. The van der Waals surface area contributed by atoms with Crippen LogP contribution in [-0.2, 0) is 0 Å². The van der Waals surface area contributed by atoms with E-state index >= 15 is 0 Å². The Bertz CT molecular complexity index is 706. The molecule has 134 valence electrons. The van der Waals surface area contributed by atoms with E-state index in [9.17, 15) is 0 Å². The average molecular weight is 377 g/mol. The number of nitrogens with one attached hydrogen (secondary N) is 1. The van der Waals surface area contributed by atoms with Crippen molar-refractivity contribution in [2.45, 2.75) is 19.9 Å². The van der Waals surface area contributed by atoms with Gasteiger partial charge in [0, 0.05) is 36.2 Å². The SMILES string of the molecule is Cc1c(Cl)cccc1NC(=S)N(CCN(C)C)C(C)c1cccnc1. The van der Waals surface area contributed by atoms with Gasteiger partial charge in [-0.2, -0.15) is 0 Å². The highest BCUT2D eigenvalue weighted by Crippen LogP contribution is 2.25. The summed E-state index contributed by atoms with van der Waals surface area (Å²) >= 11 is 11.9. The second-order valence-electron chi connectivity index (χ2n) is 6.30. The van der Waals surface area contributed by atoms with E-state index < -0.39 is 0 Å². The molecule has 1 heterocycles. The van der Waals surface area contributed by atoms with Gasteiger partial charge in [-0.25, -0.2) is 0 Å². The van der Waals surface area contributed by atoms with E-state index in [0.717, 1.165) is 34.9 Å². The number of nitrogens with zero attached hydrogens (tertiary/aromatic N) is 3. The summed E-state index contributed by atoms with van der Waals surface area (Å²) in [4.78, 5) is 8.57. The molecule has 1 N–H and O–H groups in total. The van der Waals surface area contributed by atoms with Crippen molar-refractivity contribution in [2.24, 2.45) is 0 Å². The normalized spacial score (nSPS) is 12.1. The van der Waals surface area contributed by atoms with Crippen LogP contribution in [0.2, 0.25) is 5.02 Å². The quantitative estimate of drug-likeness (QED) is 0.757. The van der Waals surface area contributed by atoms with Gasteiger partial charge < -0.3 is 15.1 Å². The third-order valence-corrected chi connectivity index (χ3v) is 4.94. The Balaban J connectivity index is 2.21. The number of benzene rings is 1. The van der Waals surface area contributed by atoms with Gasteiger partial charge in [0.15, 0.2) is 5.11 Å². The molecule has 1 unspecified atom stereocenters. The number of halogens is 1. The van der Waals surface area contributed by atoms with Gasteiger partial charge in [0.2, 0.25) is 0 Å². The van der Waals surface area contributed by atoms with Crippen LogP contribution in [0, 0.1) is 6.92 Å². The maximum absolute atomic E-state index is 6.23. The summed E-state index contributed by atoms with van der Waals surface area (Å²) in [7, 11) is 4.12. The molecule has 0 amide bonds. The number of likely N-dealkylation sites (N-methyl/N-ethyl adjacent to an activating group) is 1. The van der Waals surface area contributed by atoms with Crippen LogP contribution in [0.25, 0.3) is 0 Å². The van der Waals surface area contributed by atoms with Crippen molar-refractivity contribution in [1.82, 2.24) is 14.8 Å². The summed E-state index contributed by atoms with van der Waals surface area (Å²) in [5.74, 6) is 0. The minimum Gasteiger partial charge on any atom is -0.341 e. The summed E-state index contributed by atoms with van der Waals surface area (Å²) in [6, 6.07) is 9.95. The Hall–Kier alpha value is -1.69. The zero-order valence-electron chi connectivity index (χ0n) is 15.2. The number of hydrogen-bond donors (Lipinski definition) is 1. The Morgan fingerprint density at radius 2 is 2.00 bits per heavy atom. The lowest BCUT2D eigenvalue weighted by Gasteiger charge is -2.33. The van der Waals surface area contributed by atoms with E-state index in [1.54, 1.807) is 6.20 Å². The third kappa shape index (κ3) is 5.39. The van der Waals surface area contributed by atoms with Gasteiger partial charge in [0.25, 0.3) is 0 Å². The van der Waals surface area contributed by atoms with E-state index in [1.807, 2.05) is 37.4 Å². The molecule has 25 heavy (non-hydrogen) atoms. The fourth-order valence-corrected chi connectivity index (χ4v) is 3.05. The fourth-order valence-electron chi connectivity index (χ4n) is 2.51. The van der Waals surface area contributed by atoms with Crippen molar-refractivity contribution >= 4 is 34.6 Å². The maximum Gasteiger partial charge on any atom is 0.173 e.